The molecule has 0 unspecified atom stereocenters. The molecule has 6 aromatic heterocycles. The molecular weight excluding hydrogens is 843 g/mol. The standard InChI is InChI=1S/C25H30N6O3S.C19H17N5O3S/c1-4-7-31(8-9-33-2)25(32)15-5-6-17-20(11-15)35-24-21(17)22(27-14-28-24)29-18-10-16-12-26-13-19(16)30-23(18)34-3;1-27-17-12(4-10-6-20-7-13(10)24-17)23-16-15-11-3-2-9(19(25)26)5-14(11)28-18(15)22-8-21-16/h10,12,14-15H,4-9,11,13H2,1-3H3,(H,27,28,29);4,6,8-9H,2-3,5,7H2,1H3,(H,25,26)(H,21,22,23)/t15-;9-/m00/s1. The minimum Gasteiger partial charge on any atom is -0.481 e. The van der Waals surface area contributed by atoms with E-state index < -0.39 is 5.97 Å². The molecule has 8 heterocycles. The first-order valence-corrected chi connectivity index (χ1v) is 22.6. The van der Waals surface area contributed by atoms with Crippen LogP contribution in [0.4, 0.5) is 23.0 Å². The SMILES string of the molecule is CCCN(CCOC)C(=O)[C@H]1CCc2c(sc3ncnc(Nc4cc5c(nc4OC)CN=C5)c23)C1.COc1nc2c(cc1Nc1ncnc3sc4c(c13)CC[C@H](C(=O)O)C4)C=NC2. The predicted octanol–water partition coefficient (Wildman–Crippen LogP) is 6.72. The number of nitrogens with one attached hydrogen (secondary N) is 2. The molecule has 6 aromatic rings. The first-order chi connectivity index (χ1) is 30.8. The zero-order chi connectivity index (χ0) is 43.6. The number of carbonyl (C=O) groups excluding carboxylic acids is 1. The van der Waals surface area contributed by atoms with E-state index in [1.165, 1.54) is 16.8 Å². The van der Waals surface area contributed by atoms with Crippen molar-refractivity contribution >= 4 is 90.4 Å². The van der Waals surface area contributed by atoms with E-state index in [2.05, 4.69) is 57.4 Å². The van der Waals surface area contributed by atoms with E-state index in [9.17, 15) is 14.7 Å². The number of carboxylic acids is 1. The minimum atomic E-state index is -0.733. The molecule has 10 rings (SSSR count). The highest BCUT2D eigenvalue weighted by atomic mass is 32.1. The van der Waals surface area contributed by atoms with E-state index in [1.807, 2.05) is 23.2 Å². The molecule has 4 aliphatic rings. The molecule has 0 radical (unpaired) electrons. The van der Waals surface area contributed by atoms with Gasteiger partial charge in [0.1, 0.15) is 45.3 Å². The summed E-state index contributed by atoms with van der Waals surface area (Å²) in [4.78, 5) is 66.4. The third-order valence-corrected chi connectivity index (χ3v) is 14.1. The molecule has 1 amide bonds. The summed E-state index contributed by atoms with van der Waals surface area (Å²) in [6, 6.07) is 3.96. The van der Waals surface area contributed by atoms with Crippen LogP contribution in [0.15, 0.2) is 34.8 Å². The zero-order valence-electron chi connectivity index (χ0n) is 35.4. The van der Waals surface area contributed by atoms with Crippen molar-refractivity contribution in [2.45, 2.75) is 65.0 Å². The Morgan fingerprint density at radius 3 is 1.78 bits per heavy atom. The number of hydrogen-bond donors (Lipinski definition) is 3. The fourth-order valence-electron chi connectivity index (χ4n) is 8.67. The first-order valence-electron chi connectivity index (χ1n) is 21.0. The summed E-state index contributed by atoms with van der Waals surface area (Å²) < 4.78 is 16.2. The highest BCUT2D eigenvalue weighted by Crippen LogP contribution is 2.43. The molecule has 0 saturated heterocycles. The van der Waals surface area contributed by atoms with Gasteiger partial charge in [-0.25, -0.2) is 29.9 Å². The highest BCUT2D eigenvalue weighted by molar-refractivity contribution is 7.19. The van der Waals surface area contributed by atoms with Gasteiger partial charge in [0.15, 0.2) is 0 Å². The fraction of sp³-hybridized carbons (Fsp3) is 0.409. The summed E-state index contributed by atoms with van der Waals surface area (Å²) in [6.45, 7) is 5.20. The molecule has 19 heteroatoms. The summed E-state index contributed by atoms with van der Waals surface area (Å²) >= 11 is 3.22. The van der Waals surface area contributed by atoms with Gasteiger partial charge in [-0.3, -0.25) is 19.6 Å². The Balaban J connectivity index is 0.000000164. The second-order valence-electron chi connectivity index (χ2n) is 15.7. The number of nitrogens with zero attached hydrogens (tertiary/aromatic N) is 9. The van der Waals surface area contributed by atoms with Crippen LogP contribution in [0, 0.1) is 11.8 Å². The van der Waals surface area contributed by atoms with Gasteiger partial charge < -0.3 is 34.9 Å². The molecule has 0 bridgehead atoms. The van der Waals surface area contributed by atoms with Crippen molar-refractivity contribution in [3.8, 4) is 11.8 Å². The van der Waals surface area contributed by atoms with Crippen molar-refractivity contribution < 1.29 is 28.9 Å². The van der Waals surface area contributed by atoms with Crippen molar-refractivity contribution in [3.05, 3.63) is 68.2 Å². The Hall–Kier alpha value is -6.18. The number of thiophene rings is 2. The fourth-order valence-corrected chi connectivity index (χ4v) is 11.2. The number of fused-ring (bicyclic) bond motifs is 8. The van der Waals surface area contributed by atoms with Gasteiger partial charge in [0, 0.05) is 59.4 Å². The first kappa shape index (κ1) is 42.1. The summed E-state index contributed by atoms with van der Waals surface area (Å²) in [5.41, 5.74) is 7.60. The lowest BCUT2D eigenvalue weighted by atomic mass is 9.86. The number of ether oxygens (including phenoxy) is 3. The summed E-state index contributed by atoms with van der Waals surface area (Å²) in [7, 11) is 4.88. The van der Waals surface area contributed by atoms with E-state index in [4.69, 9.17) is 14.2 Å². The number of carbonyl (C=O) groups is 2. The number of amides is 1. The van der Waals surface area contributed by atoms with Crippen molar-refractivity contribution in [3.63, 3.8) is 0 Å². The van der Waals surface area contributed by atoms with Crippen molar-refractivity contribution in [2.24, 2.45) is 21.8 Å². The lowest BCUT2D eigenvalue weighted by Crippen LogP contribution is -2.40. The summed E-state index contributed by atoms with van der Waals surface area (Å²) in [5, 5.41) is 18.1. The molecule has 2 aliphatic heterocycles. The number of hydrogen-bond acceptors (Lipinski definition) is 17. The molecule has 2 atom stereocenters. The minimum absolute atomic E-state index is 0.0105. The zero-order valence-corrected chi connectivity index (χ0v) is 37.1. The van der Waals surface area contributed by atoms with Crippen molar-refractivity contribution in [2.75, 3.05) is 51.7 Å². The monoisotopic (exact) mass is 889 g/mol. The average molecular weight is 890 g/mol. The van der Waals surface area contributed by atoms with Crippen LogP contribution in [0.25, 0.3) is 20.4 Å². The Labute approximate surface area is 371 Å². The van der Waals surface area contributed by atoms with Gasteiger partial charge >= 0.3 is 5.97 Å². The molecular formula is C44H47N11O6S2. The molecule has 0 saturated carbocycles. The smallest absolute Gasteiger partial charge is 0.306 e. The van der Waals surface area contributed by atoms with Gasteiger partial charge in [-0.15, -0.1) is 22.7 Å². The van der Waals surface area contributed by atoms with E-state index in [1.54, 1.807) is 56.5 Å². The Bertz CT molecular complexity index is 2790. The third-order valence-electron chi connectivity index (χ3n) is 11.8. The molecule has 17 nitrogen and oxygen atoms in total. The number of pyridine rings is 2. The lowest BCUT2D eigenvalue weighted by molar-refractivity contribution is -0.142. The third kappa shape index (κ3) is 8.39. The maximum absolute atomic E-state index is 13.3. The van der Waals surface area contributed by atoms with Crippen molar-refractivity contribution in [1.82, 2.24) is 34.8 Å². The van der Waals surface area contributed by atoms with Gasteiger partial charge in [-0.05, 0) is 68.2 Å². The lowest BCUT2D eigenvalue weighted by Gasteiger charge is -2.29. The number of methoxy groups -OCH3 is 3. The number of aliphatic imine (C=N–C) groups is 2. The largest absolute Gasteiger partial charge is 0.481 e. The maximum atomic E-state index is 13.3. The van der Waals surface area contributed by atoms with Crippen molar-refractivity contribution in [1.29, 1.82) is 0 Å². The van der Waals surface area contributed by atoms with Gasteiger partial charge in [0.2, 0.25) is 17.7 Å². The molecule has 63 heavy (non-hydrogen) atoms. The van der Waals surface area contributed by atoms with E-state index >= 15 is 0 Å². The Morgan fingerprint density at radius 2 is 1.29 bits per heavy atom. The summed E-state index contributed by atoms with van der Waals surface area (Å²) in [6.07, 6.45) is 11.9. The molecule has 0 spiro atoms. The summed E-state index contributed by atoms with van der Waals surface area (Å²) in [5.74, 6) is 1.59. The van der Waals surface area contributed by atoms with Gasteiger partial charge in [-0.1, -0.05) is 6.92 Å². The average Bonchev–Trinajstić information content (AvgIpc) is 4.11. The second kappa shape index (κ2) is 18.3. The van der Waals surface area contributed by atoms with Crippen LogP contribution in [0.2, 0.25) is 0 Å². The molecule has 0 aromatic carbocycles. The van der Waals surface area contributed by atoms with Crippen LogP contribution in [0.3, 0.4) is 0 Å². The van der Waals surface area contributed by atoms with Gasteiger partial charge in [0.25, 0.3) is 0 Å². The van der Waals surface area contributed by atoms with Gasteiger partial charge in [0.05, 0.1) is 62.0 Å². The Morgan fingerprint density at radius 1 is 0.762 bits per heavy atom. The van der Waals surface area contributed by atoms with Crippen LogP contribution in [-0.4, -0.2) is 105 Å². The number of aryl methyl sites for hydroxylation is 2. The second-order valence-corrected chi connectivity index (χ2v) is 17.9. The number of anilines is 4. The maximum Gasteiger partial charge on any atom is 0.306 e. The number of aliphatic carboxylic acids is 1. The highest BCUT2D eigenvalue weighted by Gasteiger charge is 2.32. The molecule has 0 fully saturated rings. The van der Waals surface area contributed by atoms with E-state index in [0.717, 1.165) is 97.1 Å². The normalized spacial score (nSPS) is 16.8. The Kier molecular flexibility index (Phi) is 12.2. The molecule has 326 valence electrons. The number of carboxylic acid groups (broad SMARTS) is 1. The van der Waals surface area contributed by atoms with E-state index in [0.29, 0.717) is 68.8 Å². The number of aromatic nitrogens is 6. The number of rotatable bonds is 13. The molecule has 3 N–H and O–H groups in total. The van der Waals surface area contributed by atoms with E-state index in [-0.39, 0.29) is 17.7 Å². The predicted molar refractivity (Wildman–Crippen MR) is 243 cm³/mol. The quantitative estimate of drug-likeness (QED) is 0.110. The van der Waals surface area contributed by atoms with Crippen LogP contribution >= 0.6 is 22.7 Å². The topological polar surface area (TPSA) is 211 Å². The van der Waals surface area contributed by atoms with Crippen LogP contribution in [0.5, 0.6) is 11.8 Å². The van der Waals surface area contributed by atoms with Gasteiger partial charge in [-0.2, -0.15) is 0 Å². The van der Waals surface area contributed by atoms with Crippen LogP contribution in [-0.2, 0) is 53.1 Å². The van der Waals surface area contributed by atoms with Crippen LogP contribution in [0.1, 0.15) is 69.6 Å². The molecule has 2 aliphatic carbocycles. The van der Waals surface area contributed by atoms with Crippen LogP contribution < -0.4 is 20.1 Å².